The molecule has 0 saturated carbocycles. The molecule has 21 heavy (non-hydrogen) atoms. The Labute approximate surface area is 131 Å². The lowest BCUT2D eigenvalue weighted by Gasteiger charge is -2.08. The number of hydrogen-bond acceptors (Lipinski definition) is 3. The molecule has 0 saturated heterocycles. The molecule has 106 valence electrons. The highest BCUT2D eigenvalue weighted by Gasteiger charge is 2.26. The second kappa shape index (κ2) is 5.39. The Morgan fingerprint density at radius 1 is 0.905 bits per heavy atom. The van der Waals surface area contributed by atoms with E-state index in [1.54, 1.807) is 30.3 Å². The number of carbonyl (C=O) groups excluding carboxylic acids is 2. The zero-order valence-electron chi connectivity index (χ0n) is 10.7. The first-order chi connectivity index (χ1) is 10.0. The summed E-state index contributed by atoms with van der Waals surface area (Å²) in [5, 5.41) is 6.44. The molecular weight excluding hydrogens is 311 g/mol. The molecule has 0 radical (unpaired) electrons. The molecule has 1 aliphatic heterocycles. The molecule has 0 fully saturated rings. The molecule has 0 unspecified atom stereocenters. The highest BCUT2D eigenvalue weighted by atomic mass is 35.5. The normalized spacial score (nSPS) is 13.0. The third-order valence-electron chi connectivity index (χ3n) is 3.22. The summed E-state index contributed by atoms with van der Waals surface area (Å²) in [5.74, 6) is -0.723. The minimum Gasteiger partial charge on any atom is -0.381 e. The third-order valence-corrected chi connectivity index (χ3v) is 3.96. The summed E-state index contributed by atoms with van der Waals surface area (Å²) in [5.41, 5.74) is 2.51. The van der Waals surface area contributed by atoms with Crippen molar-refractivity contribution < 1.29 is 9.59 Å². The van der Waals surface area contributed by atoms with Gasteiger partial charge in [-0.25, -0.2) is 0 Å². The molecule has 2 aromatic rings. The van der Waals surface area contributed by atoms with E-state index >= 15 is 0 Å². The number of hydrogen-bond donors (Lipinski definition) is 2. The molecule has 0 aromatic heterocycles. The maximum absolute atomic E-state index is 11.6. The van der Waals surface area contributed by atoms with Gasteiger partial charge in [0.25, 0.3) is 11.8 Å². The van der Waals surface area contributed by atoms with E-state index in [1.165, 1.54) is 0 Å². The van der Waals surface area contributed by atoms with E-state index in [9.17, 15) is 9.59 Å². The summed E-state index contributed by atoms with van der Waals surface area (Å²) in [6.07, 6.45) is 0. The number of carbonyl (C=O) groups is 2. The maximum atomic E-state index is 11.6. The van der Waals surface area contributed by atoms with Gasteiger partial charge in [-0.05, 0) is 35.9 Å². The Morgan fingerprint density at radius 3 is 2.43 bits per heavy atom. The molecule has 0 atom stereocenters. The van der Waals surface area contributed by atoms with Crippen LogP contribution in [0.1, 0.15) is 26.3 Å². The van der Waals surface area contributed by atoms with Crippen LogP contribution in [0, 0.1) is 0 Å². The quantitative estimate of drug-likeness (QED) is 0.851. The van der Waals surface area contributed by atoms with Crippen LogP contribution in [0.4, 0.5) is 5.69 Å². The Kier molecular flexibility index (Phi) is 3.57. The van der Waals surface area contributed by atoms with Gasteiger partial charge in [-0.3, -0.25) is 14.9 Å². The smallest absolute Gasteiger partial charge is 0.259 e. The summed E-state index contributed by atoms with van der Waals surface area (Å²) in [6, 6.07) is 10.4. The van der Waals surface area contributed by atoms with E-state index in [0.29, 0.717) is 27.7 Å². The average molecular weight is 321 g/mol. The highest BCUT2D eigenvalue weighted by Crippen LogP contribution is 2.24. The van der Waals surface area contributed by atoms with Gasteiger partial charge in [0, 0.05) is 12.2 Å². The number of benzene rings is 2. The number of amides is 2. The van der Waals surface area contributed by atoms with E-state index in [4.69, 9.17) is 23.2 Å². The van der Waals surface area contributed by atoms with Crippen LogP contribution in [-0.4, -0.2) is 11.8 Å². The molecule has 0 bridgehead atoms. The molecule has 1 aliphatic rings. The molecule has 0 spiro atoms. The summed E-state index contributed by atoms with van der Waals surface area (Å²) in [6.45, 7) is 0.533. The second-order valence-corrected chi connectivity index (χ2v) is 5.46. The second-order valence-electron chi connectivity index (χ2n) is 4.65. The summed E-state index contributed by atoms with van der Waals surface area (Å²) >= 11 is 11.8. The van der Waals surface area contributed by atoms with Crippen molar-refractivity contribution in [2.24, 2.45) is 0 Å². The van der Waals surface area contributed by atoms with Crippen LogP contribution in [0.25, 0.3) is 0 Å². The monoisotopic (exact) mass is 320 g/mol. The Morgan fingerprint density at radius 2 is 1.67 bits per heavy atom. The van der Waals surface area contributed by atoms with Crippen molar-refractivity contribution in [3.63, 3.8) is 0 Å². The van der Waals surface area contributed by atoms with Crippen molar-refractivity contribution in [3.05, 3.63) is 63.1 Å². The van der Waals surface area contributed by atoms with E-state index < -0.39 is 0 Å². The van der Waals surface area contributed by atoms with E-state index in [2.05, 4.69) is 10.6 Å². The number of imide groups is 1. The van der Waals surface area contributed by atoms with Crippen LogP contribution in [0.5, 0.6) is 0 Å². The number of anilines is 1. The van der Waals surface area contributed by atoms with Crippen molar-refractivity contribution in [2.45, 2.75) is 6.54 Å². The molecule has 2 aromatic carbocycles. The van der Waals surface area contributed by atoms with Gasteiger partial charge in [0.05, 0.1) is 21.2 Å². The molecular formula is C15H10Cl2N2O2. The van der Waals surface area contributed by atoms with Crippen LogP contribution in [-0.2, 0) is 6.54 Å². The van der Waals surface area contributed by atoms with Crippen molar-refractivity contribution in [2.75, 3.05) is 5.32 Å². The lowest BCUT2D eigenvalue weighted by atomic mass is 10.1. The fourth-order valence-electron chi connectivity index (χ4n) is 2.13. The highest BCUT2D eigenvalue weighted by molar-refractivity contribution is 6.42. The first-order valence-electron chi connectivity index (χ1n) is 6.22. The van der Waals surface area contributed by atoms with E-state index in [1.807, 2.05) is 6.07 Å². The van der Waals surface area contributed by atoms with Crippen molar-refractivity contribution in [3.8, 4) is 0 Å². The van der Waals surface area contributed by atoms with Crippen molar-refractivity contribution in [1.82, 2.24) is 5.32 Å². The number of rotatable bonds is 3. The van der Waals surface area contributed by atoms with Crippen LogP contribution >= 0.6 is 23.2 Å². The van der Waals surface area contributed by atoms with Gasteiger partial charge in [0.2, 0.25) is 0 Å². The predicted octanol–water partition coefficient (Wildman–Crippen LogP) is 3.49. The van der Waals surface area contributed by atoms with Gasteiger partial charge in [-0.1, -0.05) is 29.3 Å². The van der Waals surface area contributed by atoms with Gasteiger partial charge < -0.3 is 5.32 Å². The van der Waals surface area contributed by atoms with Gasteiger partial charge in [-0.2, -0.15) is 0 Å². The topological polar surface area (TPSA) is 58.2 Å². The first kappa shape index (κ1) is 13.9. The zero-order chi connectivity index (χ0) is 15.0. The van der Waals surface area contributed by atoms with Gasteiger partial charge >= 0.3 is 0 Å². The van der Waals surface area contributed by atoms with Gasteiger partial charge in [0.1, 0.15) is 0 Å². The van der Waals surface area contributed by atoms with Crippen LogP contribution in [0.2, 0.25) is 10.0 Å². The fourth-order valence-corrected chi connectivity index (χ4v) is 2.45. The number of halogens is 2. The minimum atomic E-state index is -0.367. The molecule has 6 heteroatoms. The summed E-state index contributed by atoms with van der Waals surface area (Å²) < 4.78 is 0. The first-order valence-corrected chi connectivity index (χ1v) is 6.98. The van der Waals surface area contributed by atoms with Crippen molar-refractivity contribution in [1.29, 1.82) is 0 Å². The molecule has 2 amide bonds. The van der Waals surface area contributed by atoms with Crippen molar-refractivity contribution >= 4 is 40.7 Å². The van der Waals surface area contributed by atoms with Gasteiger partial charge in [0.15, 0.2) is 0 Å². The van der Waals surface area contributed by atoms with Crippen LogP contribution in [0.3, 0.4) is 0 Å². The number of fused-ring (bicyclic) bond motifs is 1. The molecule has 1 heterocycles. The lowest BCUT2D eigenvalue weighted by Crippen LogP contribution is -2.19. The number of nitrogens with one attached hydrogen (secondary N) is 2. The summed E-state index contributed by atoms with van der Waals surface area (Å²) in [4.78, 5) is 23.0. The van der Waals surface area contributed by atoms with Gasteiger partial charge in [-0.15, -0.1) is 0 Å². The zero-order valence-corrected chi connectivity index (χ0v) is 12.3. The van der Waals surface area contributed by atoms with E-state index in [0.717, 1.165) is 11.3 Å². The standard InChI is InChI=1S/C15H10Cl2N2O2/c16-12-4-1-8(5-13(12)17)7-18-9-2-3-10-11(6-9)15(21)19-14(10)20/h1-6,18H,7H2,(H,19,20,21). The molecule has 3 rings (SSSR count). The molecule has 2 N–H and O–H groups in total. The summed E-state index contributed by atoms with van der Waals surface area (Å²) in [7, 11) is 0. The maximum Gasteiger partial charge on any atom is 0.259 e. The van der Waals surface area contributed by atoms with Crippen LogP contribution in [0.15, 0.2) is 36.4 Å². The Balaban J connectivity index is 1.77. The average Bonchev–Trinajstić information content (AvgIpc) is 2.75. The minimum absolute atomic E-state index is 0.356. The van der Waals surface area contributed by atoms with E-state index in [-0.39, 0.29) is 11.8 Å². The fraction of sp³-hybridized carbons (Fsp3) is 0.0667. The Hall–Kier alpha value is -2.04. The lowest BCUT2D eigenvalue weighted by molar-refractivity contribution is 0.0879. The molecule has 4 nitrogen and oxygen atoms in total. The largest absolute Gasteiger partial charge is 0.381 e. The van der Waals surface area contributed by atoms with Crippen LogP contribution < -0.4 is 10.6 Å². The third kappa shape index (κ3) is 2.73. The molecule has 0 aliphatic carbocycles. The predicted molar refractivity (Wildman–Crippen MR) is 82.0 cm³/mol. The SMILES string of the molecule is O=C1NC(=O)c2cc(NCc3ccc(Cl)c(Cl)c3)ccc21. The Bertz CT molecular complexity index is 759.